The molecule has 0 aliphatic carbocycles. The molecule has 2 aromatic rings. The van der Waals surface area contributed by atoms with Crippen molar-refractivity contribution in [3.05, 3.63) is 52.6 Å². The summed E-state index contributed by atoms with van der Waals surface area (Å²) in [6.45, 7) is 0.350. The molecule has 0 fully saturated rings. The molecule has 3 rings (SSSR count). The van der Waals surface area contributed by atoms with Crippen LogP contribution in [-0.2, 0) is 4.79 Å². The Morgan fingerprint density at radius 1 is 1.30 bits per heavy atom. The van der Waals surface area contributed by atoms with Gasteiger partial charge in [0.2, 0.25) is 5.75 Å². The molecule has 9 nitrogen and oxygen atoms in total. The van der Waals surface area contributed by atoms with Gasteiger partial charge in [0.05, 0.1) is 18.6 Å². The molecule has 1 amide bonds. The Hall–Kier alpha value is -3.49. The lowest BCUT2D eigenvalue weighted by molar-refractivity contribution is -0.385. The molecular weight excluding hydrogens is 356 g/mol. The fourth-order valence-electron chi connectivity index (χ4n) is 2.49. The number of hydrogen-bond acceptors (Lipinski definition) is 7. The Morgan fingerprint density at radius 3 is 2.81 bits per heavy atom. The predicted octanol–water partition coefficient (Wildman–Crippen LogP) is 1.94. The molecule has 0 saturated heterocycles. The Kier molecular flexibility index (Phi) is 5.60. The number of carbonyl (C=O) groups excluding carboxylic acids is 1. The van der Waals surface area contributed by atoms with E-state index in [-0.39, 0.29) is 36.6 Å². The van der Waals surface area contributed by atoms with Crippen molar-refractivity contribution in [2.75, 3.05) is 26.9 Å². The molecular formula is C18H18N2O7. The predicted molar refractivity (Wildman–Crippen MR) is 94.5 cm³/mol. The van der Waals surface area contributed by atoms with Crippen molar-refractivity contribution in [2.45, 2.75) is 6.10 Å². The minimum atomic E-state index is -0.556. The second kappa shape index (κ2) is 8.26. The fraction of sp³-hybridized carbons (Fsp3) is 0.278. The van der Waals surface area contributed by atoms with Gasteiger partial charge in [0.15, 0.2) is 18.1 Å². The second-order valence-corrected chi connectivity index (χ2v) is 5.68. The van der Waals surface area contributed by atoms with E-state index in [1.165, 1.54) is 25.3 Å². The lowest BCUT2D eigenvalue weighted by atomic mass is 10.2. The lowest BCUT2D eigenvalue weighted by Crippen LogP contribution is -2.42. The summed E-state index contributed by atoms with van der Waals surface area (Å²) in [5.41, 5.74) is -0.177. The summed E-state index contributed by atoms with van der Waals surface area (Å²) < 4.78 is 21.6. The summed E-state index contributed by atoms with van der Waals surface area (Å²) in [5.74, 6) is 1.31. The lowest BCUT2D eigenvalue weighted by Gasteiger charge is -2.26. The number of methoxy groups -OCH3 is 1. The standard InChI is InChI=1S/C18H18N2O7/c1-24-17-8-12(6-7-14(17)20(22)23)25-11-18(21)19-9-13-10-26-15-4-2-3-5-16(15)27-13/h2-8,13H,9-11H2,1H3,(H,19,21)/t13-/m0/s1. The molecule has 1 N–H and O–H groups in total. The van der Waals surface area contributed by atoms with E-state index in [1.54, 1.807) is 6.07 Å². The van der Waals surface area contributed by atoms with Gasteiger partial charge in [-0.3, -0.25) is 14.9 Å². The highest BCUT2D eigenvalue weighted by atomic mass is 16.6. The molecule has 1 atom stereocenters. The number of para-hydroxylation sites is 2. The van der Waals surface area contributed by atoms with Crippen molar-refractivity contribution >= 4 is 11.6 Å². The third-order valence-corrected chi connectivity index (χ3v) is 3.81. The van der Waals surface area contributed by atoms with E-state index in [2.05, 4.69) is 5.32 Å². The van der Waals surface area contributed by atoms with E-state index < -0.39 is 4.92 Å². The van der Waals surface area contributed by atoms with E-state index in [9.17, 15) is 14.9 Å². The molecule has 0 radical (unpaired) electrons. The van der Waals surface area contributed by atoms with Gasteiger partial charge in [-0.05, 0) is 18.2 Å². The Bertz CT molecular complexity index is 840. The van der Waals surface area contributed by atoms with Crippen LogP contribution in [0.1, 0.15) is 0 Å². The molecule has 0 saturated carbocycles. The summed E-state index contributed by atoms with van der Waals surface area (Å²) in [7, 11) is 1.32. The maximum Gasteiger partial charge on any atom is 0.311 e. The number of nitro groups is 1. The van der Waals surface area contributed by atoms with Gasteiger partial charge in [-0.25, -0.2) is 0 Å². The Labute approximate surface area is 154 Å². The summed E-state index contributed by atoms with van der Waals surface area (Å²) in [6.07, 6.45) is -0.302. The van der Waals surface area contributed by atoms with Crippen molar-refractivity contribution in [1.82, 2.24) is 5.32 Å². The zero-order valence-electron chi connectivity index (χ0n) is 14.5. The zero-order chi connectivity index (χ0) is 19.2. The molecule has 0 bridgehead atoms. The van der Waals surface area contributed by atoms with Gasteiger partial charge in [0, 0.05) is 12.1 Å². The van der Waals surface area contributed by atoms with Gasteiger partial charge in [0.25, 0.3) is 5.91 Å². The highest BCUT2D eigenvalue weighted by Gasteiger charge is 2.21. The van der Waals surface area contributed by atoms with E-state index >= 15 is 0 Å². The first kappa shape index (κ1) is 18.3. The second-order valence-electron chi connectivity index (χ2n) is 5.68. The molecule has 2 aromatic carbocycles. The highest BCUT2D eigenvalue weighted by molar-refractivity contribution is 5.77. The number of benzene rings is 2. The SMILES string of the molecule is COc1cc(OCC(=O)NC[C@H]2COc3ccccc3O2)ccc1[N+](=O)[O-]. The van der Waals surface area contributed by atoms with Gasteiger partial charge >= 0.3 is 5.69 Å². The fourth-order valence-corrected chi connectivity index (χ4v) is 2.49. The number of fused-ring (bicyclic) bond motifs is 1. The zero-order valence-corrected chi connectivity index (χ0v) is 14.5. The minimum absolute atomic E-state index is 0.0596. The quantitative estimate of drug-likeness (QED) is 0.582. The van der Waals surface area contributed by atoms with Crippen LogP contribution in [0.15, 0.2) is 42.5 Å². The largest absolute Gasteiger partial charge is 0.490 e. The average molecular weight is 374 g/mol. The van der Waals surface area contributed by atoms with Crippen LogP contribution in [0.3, 0.4) is 0 Å². The number of ether oxygens (including phenoxy) is 4. The summed E-state index contributed by atoms with van der Waals surface area (Å²) >= 11 is 0. The molecule has 0 unspecified atom stereocenters. The van der Waals surface area contributed by atoms with Crippen LogP contribution in [0.4, 0.5) is 5.69 Å². The van der Waals surface area contributed by atoms with Gasteiger partial charge in [-0.2, -0.15) is 0 Å². The first-order valence-electron chi connectivity index (χ1n) is 8.17. The number of nitro benzene ring substituents is 1. The summed E-state index contributed by atoms with van der Waals surface area (Å²) in [6, 6.07) is 11.3. The Balaban J connectivity index is 1.47. The van der Waals surface area contributed by atoms with Crippen molar-refractivity contribution in [3.63, 3.8) is 0 Å². The van der Waals surface area contributed by atoms with E-state index in [4.69, 9.17) is 18.9 Å². The number of amides is 1. The number of carbonyl (C=O) groups is 1. The van der Waals surface area contributed by atoms with Crippen LogP contribution in [0, 0.1) is 10.1 Å². The highest BCUT2D eigenvalue weighted by Crippen LogP contribution is 2.31. The smallest absolute Gasteiger partial charge is 0.311 e. The maximum atomic E-state index is 12.0. The van der Waals surface area contributed by atoms with Gasteiger partial charge in [0.1, 0.15) is 18.5 Å². The number of rotatable bonds is 7. The van der Waals surface area contributed by atoms with Crippen LogP contribution in [-0.4, -0.2) is 43.8 Å². The van der Waals surface area contributed by atoms with Crippen molar-refractivity contribution in [1.29, 1.82) is 0 Å². The number of nitrogens with zero attached hydrogens (tertiary/aromatic N) is 1. The van der Waals surface area contributed by atoms with Crippen molar-refractivity contribution in [2.24, 2.45) is 0 Å². The molecule has 0 spiro atoms. The van der Waals surface area contributed by atoms with Crippen molar-refractivity contribution in [3.8, 4) is 23.0 Å². The third-order valence-electron chi connectivity index (χ3n) is 3.81. The van der Waals surface area contributed by atoms with Gasteiger partial charge in [-0.15, -0.1) is 0 Å². The maximum absolute atomic E-state index is 12.0. The van der Waals surface area contributed by atoms with Gasteiger partial charge < -0.3 is 24.3 Å². The first-order chi connectivity index (χ1) is 13.1. The summed E-state index contributed by atoms with van der Waals surface area (Å²) in [5, 5.41) is 13.6. The number of nitrogens with one attached hydrogen (secondary N) is 1. The van der Waals surface area contributed by atoms with Crippen molar-refractivity contribution < 1.29 is 28.7 Å². The van der Waals surface area contributed by atoms with Crippen LogP contribution in [0.25, 0.3) is 0 Å². The first-order valence-corrected chi connectivity index (χ1v) is 8.17. The minimum Gasteiger partial charge on any atom is -0.490 e. The van der Waals surface area contributed by atoms with Gasteiger partial charge in [-0.1, -0.05) is 12.1 Å². The third kappa shape index (κ3) is 4.57. The molecule has 1 aliphatic rings. The van der Waals surface area contributed by atoms with Crippen LogP contribution < -0.4 is 24.3 Å². The molecule has 1 heterocycles. The average Bonchev–Trinajstić information content (AvgIpc) is 2.70. The molecule has 27 heavy (non-hydrogen) atoms. The van der Waals surface area contributed by atoms with Crippen LogP contribution in [0.5, 0.6) is 23.0 Å². The molecule has 1 aliphatic heterocycles. The van der Waals surface area contributed by atoms with E-state index in [1.807, 2.05) is 18.2 Å². The monoisotopic (exact) mass is 374 g/mol. The molecule has 142 valence electrons. The topological polar surface area (TPSA) is 109 Å². The van der Waals surface area contributed by atoms with Crippen LogP contribution >= 0.6 is 0 Å². The van der Waals surface area contributed by atoms with E-state index in [0.717, 1.165) is 0 Å². The molecule has 9 heteroatoms. The Morgan fingerprint density at radius 2 is 2.07 bits per heavy atom. The number of hydrogen-bond donors (Lipinski definition) is 1. The molecule has 0 aromatic heterocycles. The van der Waals surface area contributed by atoms with E-state index in [0.29, 0.717) is 23.9 Å². The summed E-state index contributed by atoms with van der Waals surface area (Å²) in [4.78, 5) is 22.3. The van der Waals surface area contributed by atoms with Crippen LogP contribution in [0.2, 0.25) is 0 Å². The normalized spacial score (nSPS) is 14.9.